The molecule has 0 saturated carbocycles. The minimum absolute atomic E-state index is 0.0675. The van der Waals surface area contributed by atoms with Gasteiger partial charge in [-0.05, 0) is 81.1 Å². The normalized spacial score (nSPS) is 12.1. The molecule has 8 heteroatoms. The van der Waals surface area contributed by atoms with Gasteiger partial charge in [0.2, 0.25) is 0 Å². The van der Waals surface area contributed by atoms with Crippen molar-refractivity contribution in [3.63, 3.8) is 0 Å². The van der Waals surface area contributed by atoms with Crippen molar-refractivity contribution in [1.29, 1.82) is 0 Å². The van der Waals surface area contributed by atoms with Crippen LogP contribution < -0.4 is 14.2 Å². The second-order valence-electron chi connectivity index (χ2n) is 8.73. The third-order valence-electron chi connectivity index (χ3n) is 5.65. The summed E-state index contributed by atoms with van der Waals surface area (Å²) in [6.45, 7) is 7.81. The summed E-state index contributed by atoms with van der Waals surface area (Å²) in [4.78, 5) is 4.32. The molecule has 0 atom stereocenters. The van der Waals surface area contributed by atoms with Crippen molar-refractivity contribution in [2.75, 3.05) is 26.9 Å². The zero-order valence-electron chi connectivity index (χ0n) is 22.2. The molecule has 0 spiro atoms. The molecule has 0 saturated heterocycles. The highest BCUT2D eigenvalue weighted by Crippen LogP contribution is 2.29. The van der Waals surface area contributed by atoms with Crippen LogP contribution in [-0.4, -0.2) is 38.8 Å². The standard InChI is InChI=1S/C29H38F3NO4/c1-5-6-17-36-26-20-22(2)27(23(3)21-26)37-19-12-10-8-7-9-11-18-35-25-15-13-24(14-16-25)28(33-34-4)29(30,31)32/h5-6,13-16,20-21H,7-12,17-19H2,1-4H3/b6-5+,33-28?. The van der Waals surface area contributed by atoms with Gasteiger partial charge in [-0.3, -0.25) is 0 Å². The smallest absolute Gasteiger partial charge is 0.437 e. The van der Waals surface area contributed by atoms with Gasteiger partial charge in [0.05, 0.1) is 13.2 Å². The van der Waals surface area contributed by atoms with Crippen molar-refractivity contribution < 1.29 is 32.2 Å². The van der Waals surface area contributed by atoms with Gasteiger partial charge >= 0.3 is 6.18 Å². The van der Waals surface area contributed by atoms with Gasteiger partial charge in [0.25, 0.3) is 0 Å². The first kappa shape index (κ1) is 30.1. The Kier molecular flexibility index (Phi) is 12.9. The van der Waals surface area contributed by atoms with E-state index >= 15 is 0 Å². The van der Waals surface area contributed by atoms with Gasteiger partial charge in [-0.2, -0.15) is 13.2 Å². The first-order chi connectivity index (χ1) is 17.8. The minimum atomic E-state index is -4.59. The van der Waals surface area contributed by atoms with E-state index in [0.29, 0.717) is 25.6 Å². The molecule has 0 aromatic heterocycles. The number of hydrogen-bond donors (Lipinski definition) is 0. The number of alkyl halides is 3. The molecule has 0 aliphatic carbocycles. The van der Waals surface area contributed by atoms with E-state index in [9.17, 15) is 13.2 Å². The summed E-state index contributed by atoms with van der Waals surface area (Å²) in [5.74, 6) is 2.32. The largest absolute Gasteiger partial charge is 0.494 e. The van der Waals surface area contributed by atoms with Crippen molar-refractivity contribution in [3.05, 3.63) is 65.2 Å². The van der Waals surface area contributed by atoms with E-state index in [2.05, 4.69) is 9.99 Å². The summed E-state index contributed by atoms with van der Waals surface area (Å²) >= 11 is 0. The van der Waals surface area contributed by atoms with Gasteiger partial charge < -0.3 is 19.0 Å². The predicted octanol–water partition coefficient (Wildman–Crippen LogP) is 7.97. The molecule has 0 heterocycles. The van der Waals surface area contributed by atoms with E-state index in [-0.39, 0.29) is 5.56 Å². The van der Waals surface area contributed by atoms with E-state index in [4.69, 9.17) is 14.2 Å². The van der Waals surface area contributed by atoms with Gasteiger partial charge in [0, 0.05) is 5.56 Å². The Hall–Kier alpha value is -3.16. The molecule has 0 aliphatic rings. The fourth-order valence-electron chi connectivity index (χ4n) is 3.81. The number of rotatable bonds is 16. The molecule has 2 aromatic carbocycles. The van der Waals surface area contributed by atoms with Gasteiger partial charge in [0.15, 0.2) is 5.71 Å². The predicted molar refractivity (Wildman–Crippen MR) is 141 cm³/mol. The lowest BCUT2D eigenvalue weighted by Gasteiger charge is -2.14. The number of allylic oxidation sites excluding steroid dienone is 1. The Morgan fingerprint density at radius 2 is 1.38 bits per heavy atom. The van der Waals surface area contributed by atoms with Gasteiger partial charge in [-0.1, -0.05) is 43.0 Å². The number of ether oxygens (including phenoxy) is 3. The molecule has 204 valence electrons. The van der Waals surface area contributed by atoms with Crippen molar-refractivity contribution >= 4 is 5.71 Å². The molecule has 0 amide bonds. The SMILES string of the molecule is C/C=C/COc1cc(C)c(OCCCCCCCCOc2ccc(C(=NOC)C(F)(F)F)cc2)c(C)c1. The first-order valence-electron chi connectivity index (χ1n) is 12.7. The van der Waals surface area contributed by atoms with Crippen LogP contribution in [0.5, 0.6) is 17.2 Å². The summed E-state index contributed by atoms with van der Waals surface area (Å²) in [5, 5.41) is 3.09. The van der Waals surface area contributed by atoms with Crippen LogP contribution in [0.4, 0.5) is 13.2 Å². The molecular weight excluding hydrogens is 483 g/mol. The fourth-order valence-corrected chi connectivity index (χ4v) is 3.81. The van der Waals surface area contributed by atoms with Crippen LogP contribution in [0.3, 0.4) is 0 Å². The van der Waals surface area contributed by atoms with Crippen LogP contribution in [-0.2, 0) is 4.84 Å². The van der Waals surface area contributed by atoms with E-state index in [1.54, 1.807) is 0 Å². The zero-order chi connectivity index (χ0) is 27.1. The average molecular weight is 522 g/mol. The number of hydrogen-bond acceptors (Lipinski definition) is 5. The molecule has 0 bridgehead atoms. The number of halogens is 3. The topological polar surface area (TPSA) is 49.3 Å². The molecule has 5 nitrogen and oxygen atoms in total. The highest BCUT2D eigenvalue weighted by atomic mass is 19.4. The van der Waals surface area contributed by atoms with E-state index < -0.39 is 11.9 Å². The Bertz CT molecular complexity index is 978. The zero-order valence-corrected chi connectivity index (χ0v) is 22.2. The third-order valence-corrected chi connectivity index (χ3v) is 5.65. The average Bonchev–Trinajstić information content (AvgIpc) is 2.85. The maximum absolute atomic E-state index is 13.0. The highest BCUT2D eigenvalue weighted by molar-refractivity contribution is 6.04. The number of benzene rings is 2. The van der Waals surface area contributed by atoms with Crippen molar-refractivity contribution in [2.45, 2.75) is 65.5 Å². The summed E-state index contributed by atoms with van der Waals surface area (Å²) in [7, 11) is 1.09. The molecule has 37 heavy (non-hydrogen) atoms. The van der Waals surface area contributed by atoms with Crippen LogP contribution in [0.15, 0.2) is 53.7 Å². The van der Waals surface area contributed by atoms with E-state index in [0.717, 1.165) is 68.3 Å². The molecule has 0 unspecified atom stereocenters. The molecular formula is C29H38F3NO4. The maximum atomic E-state index is 13.0. The second-order valence-corrected chi connectivity index (χ2v) is 8.73. The van der Waals surface area contributed by atoms with Crippen LogP contribution in [0.2, 0.25) is 0 Å². The maximum Gasteiger partial charge on any atom is 0.437 e. The Balaban J connectivity index is 1.59. The lowest BCUT2D eigenvalue weighted by atomic mass is 10.1. The van der Waals surface area contributed by atoms with E-state index in [1.807, 2.05) is 45.1 Å². The molecule has 0 radical (unpaired) electrons. The highest BCUT2D eigenvalue weighted by Gasteiger charge is 2.37. The minimum Gasteiger partial charge on any atom is -0.494 e. The second kappa shape index (κ2) is 15.8. The van der Waals surface area contributed by atoms with Crippen LogP contribution in [0.1, 0.15) is 62.1 Å². The molecule has 0 N–H and O–H groups in total. The fraction of sp³-hybridized carbons (Fsp3) is 0.483. The van der Waals surface area contributed by atoms with Gasteiger partial charge in [-0.15, -0.1) is 0 Å². The van der Waals surface area contributed by atoms with E-state index in [1.165, 1.54) is 24.3 Å². The number of nitrogens with zero attached hydrogens (tertiary/aromatic N) is 1. The lowest BCUT2D eigenvalue weighted by molar-refractivity contribution is -0.0608. The molecule has 2 rings (SSSR count). The van der Waals surface area contributed by atoms with Crippen LogP contribution in [0, 0.1) is 13.8 Å². The quantitative estimate of drug-likeness (QED) is 0.0973. The summed E-state index contributed by atoms with van der Waals surface area (Å²) in [6, 6.07) is 9.72. The number of aryl methyl sites for hydroxylation is 2. The Morgan fingerprint density at radius 3 is 1.92 bits per heavy atom. The third kappa shape index (κ3) is 10.8. The Morgan fingerprint density at radius 1 is 0.811 bits per heavy atom. The van der Waals surface area contributed by atoms with Gasteiger partial charge in [0.1, 0.15) is 31.0 Å². The Labute approximate surface area is 218 Å². The molecule has 0 aliphatic heterocycles. The summed E-state index contributed by atoms with van der Waals surface area (Å²) in [5.41, 5.74) is 1.02. The lowest BCUT2D eigenvalue weighted by Crippen LogP contribution is -2.24. The van der Waals surface area contributed by atoms with Crippen LogP contribution >= 0.6 is 0 Å². The monoisotopic (exact) mass is 521 g/mol. The summed E-state index contributed by atoms with van der Waals surface area (Å²) in [6.07, 6.45) is 5.57. The van der Waals surface area contributed by atoms with Crippen molar-refractivity contribution in [2.24, 2.45) is 5.16 Å². The first-order valence-corrected chi connectivity index (χ1v) is 12.7. The van der Waals surface area contributed by atoms with Crippen molar-refractivity contribution in [3.8, 4) is 17.2 Å². The van der Waals surface area contributed by atoms with Crippen molar-refractivity contribution in [1.82, 2.24) is 0 Å². The molecule has 2 aromatic rings. The number of unbranched alkanes of at least 4 members (excludes halogenated alkanes) is 5. The summed E-state index contributed by atoms with van der Waals surface area (Å²) < 4.78 is 56.5. The molecule has 0 fully saturated rings. The van der Waals surface area contributed by atoms with Crippen LogP contribution in [0.25, 0.3) is 0 Å². The van der Waals surface area contributed by atoms with Gasteiger partial charge in [-0.25, -0.2) is 0 Å². The number of oxime groups is 1.